The lowest BCUT2D eigenvalue weighted by Gasteiger charge is -2.13. The Hall–Kier alpha value is -1.93. The van der Waals surface area contributed by atoms with Crippen LogP contribution in [0.3, 0.4) is 0 Å². The van der Waals surface area contributed by atoms with E-state index in [1.54, 1.807) is 12.1 Å². The Bertz CT molecular complexity index is 575. The summed E-state index contributed by atoms with van der Waals surface area (Å²) in [5.74, 6) is 5.79. The number of hydrogen-bond acceptors (Lipinski definition) is 6. The van der Waals surface area contributed by atoms with E-state index in [9.17, 15) is 4.39 Å². The fourth-order valence-electron chi connectivity index (χ4n) is 1.49. The number of anilines is 3. The maximum atomic E-state index is 13.7. The molecule has 100 valence electrons. The van der Waals surface area contributed by atoms with Gasteiger partial charge in [0.05, 0.1) is 12.8 Å². The zero-order valence-corrected chi connectivity index (χ0v) is 11.5. The topological polar surface area (TPSA) is 85.1 Å². The molecule has 0 radical (unpaired) electrons. The number of halogens is 2. The van der Waals surface area contributed by atoms with Crippen LogP contribution in [-0.2, 0) is 0 Å². The predicted molar refractivity (Wildman–Crippen MR) is 73.8 cm³/mol. The van der Waals surface area contributed by atoms with Gasteiger partial charge in [-0.1, -0.05) is 6.07 Å². The molecule has 1 aromatic heterocycles. The summed E-state index contributed by atoms with van der Waals surface area (Å²) in [5, 5.41) is 2.84. The number of ether oxygens (including phenoxy) is 1. The van der Waals surface area contributed by atoms with Crippen molar-refractivity contribution in [2.24, 2.45) is 5.84 Å². The molecule has 0 aliphatic rings. The Balaban J connectivity index is 2.44. The summed E-state index contributed by atoms with van der Waals surface area (Å²) in [7, 11) is 1.45. The summed E-state index contributed by atoms with van der Waals surface area (Å²) in [6.07, 6.45) is 1.29. The zero-order valence-electron chi connectivity index (χ0n) is 9.95. The van der Waals surface area contributed by atoms with E-state index in [0.29, 0.717) is 21.9 Å². The van der Waals surface area contributed by atoms with Crippen molar-refractivity contribution < 1.29 is 9.13 Å². The highest BCUT2D eigenvalue weighted by molar-refractivity contribution is 9.10. The lowest BCUT2D eigenvalue weighted by atomic mass is 10.3. The zero-order chi connectivity index (χ0) is 13.8. The third-order valence-electron chi connectivity index (χ3n) is 2.35. The number of methoxy groups -OCH3 is 1. The van der Waals surface area contributed by atoms with Crippen molar-refractivity contribution in [2.75, 3.05) is 17.9 Å². The van der Waals surface area contributed by atoms with Crippen LogP contribution in [0.15, 0.2) is 29.0 Å². The SMILES string of the molecule is COc1c(NN)ncnc1Nc1c(F)cccc1Br. The highest BCUT2D eigenvalue weighted by Gasteiger charge is 2.14. The standard InChI is InChI=1S/C11H11BrFN5O/c1-19-9-10(15-5-16-11(9)18-14)17-8-6(12)3-2-4-7(8)13/h2-5H,14H2,1H3,(H2,15,16,17,18). The van der Waals surface area contributed by atoms with Crippen molar-refractivity contribution in [1.29, 1.82) is 0 Å². The van der Waals surface area contributed by atoms with Gasteiger partial charge < -0.3 is 15.5 Å². The van der Waals surface area contributed by atoms with E-state index in [0.717, 1.165) is 0 Å². The molecule has 8 heteroatoms. The van der Waals surface area contributed by atoms with Gasteiger partial charge in [-0.3, -0.25) is 0 Å². The summed E-state index contributed by atoms with van der Waals surface area (Å²) in [4.78, 5) is 7.90. The molecular weight excluding hydrogens is 317 g/mol. The molecule has 0 unspecified atom stereocenters. The number of nitrogens with one attached hydrogen (secondary N) is 2. The molecule has 0 aliphatic carbocycles. The second-order valence-corrected chi connectivity index (χ2v) is 4.32. The maximum Gasteiger partial charge on any atom is 0.205 e. The number of nitrogens with zero attached hydrogens (tertiary/aromatic N) is 2. The molecule has 6 nitrogen and oxygen atoms in total. The van der Waals surface area contributed by atoms with E-state index in [2.05, 4.69) is 36.6 Å². The van der Waals surface area contributed by atoms with Crippen LogP contribution in [-0.4, -0.2) is 17.1 Å². The highest BCUT2D eigenvalue weighted by Crippen LogP contribution is 2.34. The third-order valence-corrected chi connectivity index (χ3v) is 3.01. The van der Waals surface area contributed by atoms with E-state index in [1.165, 1.54) is 19.5 Å². The number of hydrazine groups is 1. The van der Waals surface area contributed by atoms with E-state index < -0.39 is 5.82 Å². The number of para-hydroxylation sites is 1. The van der Waals surface area contributed by atoms with Gasteiger partial charge >= 0.3 is 0 Å². The van der Waals surface area contributed by atoms with Crippen LogP contribution in [0.1, 0.15) is 0 Å². The summed E-state index contributed by atoms with van der Waals surface area (Å²) < 4.78 is 19.5. The normalized spacial score (nSPS) is 10.1. The molecular formula is C11H11BrFN5O. The van der Waals surface area contributed by atoms with Crippen molar-refractivity contribution in [1.82, 2.24) is 9.97 Å². The molecule has 2 aromatic rings. The molecule has 0 atom stereocenters. The number of aromatic nitrogens is 2. The molecule has 2 rings (SSSR count). The van der Waals surface area contributed by atoms with Gasteiger partial charge in [-0.25, -0.2) is 20.2 Å². The van der Waals surface area contributed by atoms with Gasteiger partial charge in [0.2, 0.25) is 5.75 Å². The van der Waals surface area contributed by atoms with Gasteiger partial charge in [-0.15, -0.1) is 0 Å². The maximum absolute atomic E-state index is 13.7. The summed E-state index contributed by atoms with van der Waals surface area (Å²) in [5.41, 5.74) is 2.63. The van der Waals surface area contributed by atoms with E-state index >= 15 is 0 Å². The van der Waals surface area contributed by atoms with Gasteiger partial charge in [0.1, 0.15) is 12.1 Å². The third kappa shape index (κ3) is 2.74. The second-order valence-electron chi connectivity index (χ2n) is 3.47. The first-order valence-electron chi connectivity index (χ1n) is 5.24. The summed E-state index contributed by atoms with van der Waals surface area (Å²) in [6.45, 7) is 0. The minimum atomic E-state index is -0.419. The lowest BCUT2D eigenvalue weighted by molar-refractivity contribution is 0.415. The summed E-state index contributed by atoms with van der Waals surface area (Å²) >= 11 is 3.26. The first-order valence-corrected chi connectivity index (χ1v) is 6.03. The molecule has 0 aliphatic heterocycles. The molecule has 1 aromatic carbocycles. The van der Waals surface area contributed by atoms with E-state index in [-0.39, 0.29) is 5.69 Å². The first kappa shape index (κ1) is 13.5. The minimum absolute atomic E-state index is 0.252. The lowest BCUT2D eigenvalue weighted by Crippen LogP contribution is -2.11. The van der Waals surface area contributed by atoms with Crippen LogP contribution < -0.4 is 21.3 Å². The van der Waals surface area contributed by atoms with E-state index in [4.69, 9.17) is 10.6 Å². The second kappa shape index (κ2) is 5.81. The van der Waals surface area contributed by atoms with Crippen LogP contribution in [0.4, 0.5) is 21.7 Å². The van der Waals surface area contributed by atoms with Crippen molar-refractivity contribution in [3.63, 3.8) is 0 Å². The number of rotatable bonds is 4. The Morgan fingerprint density at radius 1 is 1.32 bits per heavy atom. The van der Waals surface area contributed by atoms with Crippen molar-refractivity contribution in [2.45, 2.75) is 0 Å². The highest BCUT2D eigenvalue weighted by atomic mass is 79.9. The van der Waals surface area contributed by atoms with Gasteiger partial charge in [0.15, 0.2) is 11.6 Å². The Morgan fingerprint density at radius 3 is 2.68 bits per heavy atom. The monoisotopic (exact) mass is 327 g/mol. The number of nitrogens with two attached hydrogens (primary N) is 1. The molecule has 0 bridgehead atoms. The fourth-order valence-corrected chi connectivity index (χ4v) is 1.94. The molecule has 0 spiro atoms. The molecule has 0 fully saturated rings. The quantitative estimate of drug-likeness (QED) is 0.590. The number of nitrogen functional groups attached to an aromatic ring is 1. The van der Waals surface area contributed by atoms with Gasteiger partial charge in [0.25, 0.3) is 0 Å². The molecule has 0 amide bonds. The predicted octanol–water partition coefficient (Wildman–Crippen LogP) is 2.42. The average Bonchev–Trinajstić information content (AvgIpc) is 2.42. The largest absolute Gasteiger partial charge is 0.490 e. The molecule has 0 saturated heterocycles. The van der Waals surface area contributed by atoms with Gasteiger partial charge in [-0.2, -0.15) is 0 Å². The van der Waals surface area contributed by atoms with Crippen molar-refractivity contribution in [3.05, 3.63) is 34.8 Å². The first-order chi connectivity index (χ1) is 9.17. The fraction of sp³-hybridized carbons (Fsp3) is 0.0909. The molecule has 1 heterocycles. The van der Waals surface area contributed by atoms with Crippen molar-refractivity contribution in [3.8, 4) is 5.75 Å². The van der Waals surface area contributed by atoms with E-state index in [1.807, 2.05) is 0 Å². The molecule has 0 saturated carbocycles. The molecule has 4 N–H and O–H groups in total. The Kier molecular flexibility index (Phi) is 4.13. The van der Waals surface area contributed by atoms with Gasteiger partial charge in [0, 0.05) is 4.47 Å². The van der Waals surface area contributed by atoms with Crippen molar-refractivity contribution >= 4 is 33.3 Å². The van der Waals surface area contributed by atoms with Crippen LogP contribution in [0.5, 0.6) is 5.75 Å². The molecule has 19 heavy (non-hydrogen) atoms. The number of benzene rings is 1. The van der Waals surface area contributed by atoms with Crippen LogP contribution >= 0.6 is 15.9 Å². The van der Waals surface area contributed by atoms with Gasteiger partial charge in [-0.05, 0) is 28.1 Å². The van der Waals surface area contributed by atoms with Crippen LogP contribution in [0, 0.1) is 5.82 Å². The smallest absolute Gasteiger partial charge is 0.205 e. The van der Waals surface area contributed by atoms with Crippen LogP contribution in [0.25, 0.3) is 0 Å². The summed E-state index contributed by atoms with van der Waals surface area (Å²) in [6, 6.07) is 4.64. The minimum Gasteiger partial charge on any atom is -0.490 e. The Labute approximate surface area is 117 Å². The average molecular weight is 328 g/mol. The van der Waals surface area contributed by atoms with Crippen LogP contribution in [0.2, 0.25) is 0 Å². The Morgan fingerprint density at radius 2 is 2.05 bits per heavy atom. The number of hydrogen-bond donors (Lipinski definition) is 3.